The summed E-state index contributed by atoms with van der Waals surface area (Å²) in [5.74, 6) is -4.82. The lowest BCUT2D eigenvalue weighted by atomic mass is 10.1. The molecule has 0 bridgehead atoms. The van der Waals surface area contributed by atoms with Crippen molar-refractivity contribution in [1.29, 1.82) is 0 Å². The van der Waals surface area contributed by atoms with E-state index >= 15 is 0 Å². The summed E-state index contributed by atoms with van der Waals surface area (Å²) >= 11 is 0. The lowest BCUT2D eigenvalue weighted by Gasteiger charge is -2.01. The van der Waals surface area contributed by atoms with Gasteiger partial charge in [0.25, 0.3) is 0 Å². The van der Waals surface area contributed by atoms with E-state index in [1.807, 2.05) is 0 Å². The Hall–Kier alpha value is -1.36. The molecule has 0 atom stereocenters. The molecule has 0 amide bonds. The topological polar surface area (TPSA) is 43.1 Å². The van der Waals surface area contributed by atoms with E-state index in [1.54, 1.807) is 0 Å². The summed E-state index contributed by atoms with van der Waals surface area (Å²) in [6.07, 6.45) is -0.0233. The van der Waals surface area contributed by atoms with Crippen LogP contribution in [0, 0.1) is 17.5 Å². The standard InChI is InChI=1S/C9H8F3NO/c10-6-3-5(8(14)1-2-13)4-7(11)9(6)12/h3-4H,1-2,13H2. The number of Topliss-reactive ketones (excluding diaryl/α,β-unsaturated/α-hetero) is 1. The van der Waals surface area contributed by atoms with E-state index in [0.717, 1.165) is 0 Å². The molecule has 0 aliphatic heterocycles. The molecule has 0 unspecified atom stereocenters. The van der Waals surface area contributed by atoms with Gasteiger partial charge in [0.2, 0.25) is 0 Å². The average molecular weight is 203 g/mol. The van der Waals surface area contributed by atoms with E-state index in [0.29, 0.717) is 12.1 Å². The Morgan fingerprint density at radius 2 is 1.71 bits per heavy atom. The molecule has 2 N–H and O–H groups in total. The maximum absolute atomic E-state index is 12.6. The Bertz CT molecular complexity index is 342. The minimum Gasteiger partial charge on any atom is -0.330 e. The fraction of sp³-hybridized carbons (Fsp3) is 0.222. The SMILES string of the molecule is NCCC(=O)c1cc(F)c(F)c(F)c1. The fourth-order valence-electron chi connectivity index (χ4n) is 0.992. The van der Waals surface area contributed by atoms with E-state index in [1.165, 1.54) is 0 Å². The molecule has 0 aliphatic carbocycles. The van der Waals surface area contributed by atoms with Crippen molar-refractivity contribution in [2.75, 3.05) is 6.54 Å². The number of nitrogens with two attached hydrogens (primary N) is 1. The number of carbonyl (C=O) groups excluding carboxylic acids is 1. The van der Waals surface area contributed by atoms with E-state index in [4.69, 9.17) is 5.73 Å². The van der Waals surface area contributed by atoms with E-state index in [2.05, 4.69) is 0 Å². The first-order valence-corrected chi connectivity index (χ1v) is 3.94. The van der Waals surface area contributed by atoms with Crippen LogP contribution >= 0.6 is 0 Å². The molecular formula is C9H8F3NO. The van der Waals surface area contributed by atoms with Crippen LogP contribution in [0.2, 0.25) is 0 Å². The summed E-state index contributed by atoms with van der Waals surface area (Å²) in [6, 6.07) is 1.33. The summed E-state index contributed by atoms with van der Waals surface area (Å²) in [5, 5.41) is 0. The van der Waals surface area contributed by atoms with Gasteiger partial charge >= 0.3 is 0 Å². The monoisotopic (exact) mass is 203 g/mol. The zero-order valence-electron chi connectivity index (χ0n) is 7.19. The second-order valence-electron chi connectivity index (χ2n) is 2.72. The van der Waals surface area contributed by atoms with Crippen LogP contribution in [0.5, 0.6) is 0 Å². The molecule has 0 saturated carbocycles. The van der Waals surface area contributed by atoms with Crippen LogP contribution in [-0.2, 0) is 0 Å². The third-order valence-corrected chi connectivity index (χ3v) is 1.68. The van der Waals surface area contributed by atoms with Crippen LogP contribution in [0.4, 0.5) is 13.2 Å². The first-order valence-electron chi connectivity index (χ1n) is 3.94. The van der Waals surface area contributed by atoms with Crippen molar-refractivity contribution in [3.63, 3.8) is 0 Å². The van der Waals surface area contributed by atoms with Crippen molar-refractivity contribution in [2.24, 2.45) is 5.73 Å². The van der Waals surface area contributed by atoms with Crippen molar-refractivity contribution < 1.29 is 18.0 Å². The second kappa shape index (κ2) is 4.23. The minimum atomic E-state index is -1.57. The average Bonchev–Trinajstić information content (AvgIpc) is 2.13. The molecule has 0 fully saturated rings. The van der Waals surface area contributed by atoms with Crippen LogP contribution in [0.1, 0.15) is 16.8 Å². The smallest absolute Gasteiger partial charge is 0.194 e. The van der Waals surface area contributed by atoms with Crippen LogP contribution in [0.3, 0.4) is 0 Å². The minimum absolute atomic E-state index is 0.0233. The van der Waals surface area contributed by atoms with E-state index < -0.39 is 23.2 Å². The van der Waals surface area contributed by atoms with Gasteiger partial charge in [0.15, 0.2) is 23.2 Å². The molecule has 76 valence electrons. The number of hydrogen-bond acceptors (Lipinski definition) is 2. The maximum atomic E-state index is 12.6. The van der Waals surface area contributed by atoms with Crippen LogP contribution < -0.4 is 5.73 Å². The highest BCUT2D eigenvalue weighted by Crippen LogP contribution is 2.14. The molecular weight excluding hydrogens is 195 g/mol. The predicted molar refractivity (Wildman–Crippen MR) is 44.3 cm³/mol. The summed E-state index contributed by atoms with van der Waals surface area (Å²) in [6.45, 7) is 0.0828. The molecule has 0 spiro atoms. The largest absolute Gasteiger partial charge is 0.330 e. The molecule has 5 heteroatoms. The Morgan fingerprint density at radius 3 is 2.14 bits per heavy atom. The zero-order valence-corrected chi connectivity index (χ0v) is 7.19. The molecule has 0 saturated heterocycles. The van der Waals surface area contributed by atoms with Gasteiger partial charge in [-0.25, -0.2) is 13.2 Å². The maximum Gasteiger partial charge on any atom is 0.194 e. The third-order valence-electron chi connectivity index (χ3n) is 1.68. The summed E-state index contributed by atoms with van der Waals surface area (Å²) in [7, 11) is 0. The first kappa shape index (κ1) is 10.7. The van der Waals surface area contributed by atoms with E-state index in [9.17, 15) is 18.0 Å². The molecule has 0 heterocycles. The first-order chi connectivity index (χ1) is 6.56. The quantitative estimate of drug-likeness (QED) is 0.599. The highest BCUT2D eigenvalue weighted by molar-refractivity contribution is 5.96. The van der Waals surface area contributed by atoms with Crippen molar-refractivity contribution in [3.8, 4) is 0 Å². The third kappa shape index (κ3) is 2.11. The van der Waals surface area contributed by atoms with Gasteiger partial charge in [0.05, 0.1) is 0 Å². The number of benzene rings is 1. The van der Waals surface area contributed by atoms with E-state index in [-0.39, 0.29) is 18.5 Å². The Morgan fingerprint density at radius 1 is 1.21 bits per heavy atom. The molecule has 2 nitrogen and oxygen atoms in total. The number of carbonyl (C=O) groups is 1. The summed E-state index contributed by atoms with van der Waals surface area (Å²) < 4.78 is 37.8. The number of hydrogen-bond donors (Lipinski definition) is 1. The van der Waals surface area contributed by atoms with Crippen LogP contribution in [0.25, 0.3) is 0 Å². The van der Waals surface area contributed by atoms with Gasteiger partial charge in [-0.2, -0.15) is 0 Å². The van der Waals surface area contributed by atoms with Gasteiger partial charge in [-0.15, -0.1) is 0 Å². The van der Waals surface area contributed by atoms with Crippen molar-refractivity contribution in [3.05, 3.63) is 35.1 Å². The highest BCUT2D eigenvalue weighted by atomic mass is 19.2. The number of rotatable bonds is 3. The normalized spacial score (nSPS) is 10.3. The Balaban J connectivity index is 3.06. The van der Waals surface area contributed by atoms with Crippen molar-refractivity contribution in [1.82, 2.24) is 0 Å². The lowest BCUT2D eigenvalue weighted by molar-refractivity contribution is 0.0984. The molecule has 1 aromatic carbocycles. The predicted octanol–water partition coefficient (Wildman–Crippen LogP) is 1.64. The summed E-state index contributed by atoms with van der Waals surface area (Å²) in [4.78, 5) is 11.1. The second-order valence-corrected chi connectivity index (χ2v) is 2.72. The van der Waals surface area contributed by atoms with Crippen molar-refractivity contribution >= 4 is 5.78 Å². The number of ketones is 1. The summed E-state index contributed by atoms with van der Waals surface area (Å²) in [5.41, 5.74) is 4.89. The van der Waals surface area contributed by atoms with Crippen LogP contribution in [-0.4, -0.2) is 12.3 Å². The Labute approximate surface area is 78.5 Å². The van der Waals surface area contributed by atoms with Gasteiger partial charge in [-0.3, -0.25) is 4.79 Å². The van der Waals surface area contributed by atoms with Crippen LogP contribution in [0.15, 0.2) is 12.1 Å². The van der Waals surface area contributed by atoms with Gasteiger partial charge in [-0.1, -0.05) is 0 Å². The Kier molecular flexibility index (Phi) is 3.24. The number of halogens is 3. The van der Waals surface area contributed by atoms with Gasteiger partial charge in [0.1, 0.15) is 0 Å². The molecule has 0 aliphatic rings. The van der Waals surface area contributed by atoms with Gasteiger partial charge in [-0.05, 0) is 18.7 Å². The fourth-order valence-corrected chi connectivity index (χ4v) is 0.992. The van der Waals surface area contributed by atoms with Crippen molar-refractivity contribution in [2.45, 2.75) is 6.42 Å². The molecule has 1 rings (SSSR count). The molecule has 1 aromatic rings. The zero-order chi connectivity index (χ0) is 10.7. The highest BCUT2D eigenvalue weighted by Gasteiger charge is 2.14. The molecule has 0 aromatic heterocycles. The molecule has 0 radical (unpaired) electrons. The molecule has 14 heavy (non-hydrogen) atoms. The lowest BCUT2D eigenvalue weighted by Crippen LogP contribution is -2.09. The van der Waals surface area contributed by atoms with Gasteiger partial charge < -0.3 is 5.73 Å². The van der Waals surface area contributed by atoms with Gasteiger partial charge in [0, 0.05) is 12.0 Å².